The summed E-state index contributed by atoms with van der Waals surface area (Å²) in [7, 11) is 0. The van der Waals surface area contributed by atoms with Crippen LogP contribution in [0.4, 0.5) is 0 Å². The molecule has 1 nitrogen and oxygen atoms in total. The average molecular weight is 284 g/mol. The number of thioether (sulfide) groups is 2. The van der Waals surface area contributed by atoms with Crippen LogP contribution < -0.4 is 0 Å². The molecule has 18 heavy (non-hydrogen) atoms. The molecule has 0 saturated carbocycles. The van der Waals surface area contributed by atoms with E-state index in [-0.39, 0.29) is 4.08 Å². The first kappa shape index (κ1) is 14.6. The molecule has 0 aliphatic carbocycles. The first-order valence-corrected chi connectivity index (χ1v) is 9.09. The van der Waals surface area contributed by atoms with Gasteiger partial charge in [-0.25, -0.2) is 0 Å². The van der Waals surface area contributed by atoms with Gasteiger partial charge in [-0.3, -0.25) is 0 Å². The van der Waals surface area contributed by atoms with Crippen LogP contribution in [0.5, 0.6) is 0 Å². The van der Waals surface area contributed by atoms with Crippen molar-refractivity contribution in [2.24, 2.45) is 5.92 Å². The summed E-state index contributed by atoms with van der Waals surface area (Å²) in [6.07, 6.45) is 13.7. The molecule has 0 radical (unpaired) electrons. The Morgan fingerprint density at radius 1 is 1.33 bits per heavy atom. The van der Waals surface area contributed by atoms with Crippen molar-refractivity contribution >= 4 is 23.5 Å². The van der Waals surface area contributed by atoms with E-state index in [9.17, 15) is 0 Å². The van der Waals surface area contributed by atoms with Crippen LogP contribution in [0.15, 0.2) is 0 Å². The Labute approximate surface area is 120 Å². The fourth-order valence-electron chi connectivity index (χ4n) is 2.73. The van der Waals surface area contributed by atoms with Crippen LogP contribution in [0, 0.1) is 18.3 Å². The Balaban J connectivity index is 1.90. The molecular weight excluding hydrogens is 260 g/mol. The van der Waals surface area contributed by atoms with Crippen molar-refractivity contribution < 1.29 is 4.74 Å². The molecule has 2 unspecified atom stereocenters. The molecule has 2 saturated heterocycles. The minimum absolute atomic E-state index is 0.258. The molecule has 0 amide bonds. The molecule has 0 spiro atoms. The fraction of sp³-hybridized carbons (Fsp3) is 0.867. The maximum atomic E-state index is 5.86. The van der Waals surface area contributed by atoms with Crippen LogP contribution >= 0.6 is 23.5 Å². The standard InChI is InChI=1S/C15H24OS2/c1-3-13(2)15(17-11-6-12-18-15)9-8-14-7-4-5-10-16-14/h1,13-14H,4-12H2,2H3. The molecule has 0 bridgehead atoms. The van der Waals surface area contributed by atoms with Gasteiger partial charge in [0, 0.05) is 12.5 Å². The van der Waals surface area contributed by atoms with Gasteiger partial charge in [0.15, 0.2) is 0 Å². The van der Waals surface area contributed by atoms with E-state index in [1.165, 1.54) is 50.0 Å². The topological polar surface area (TPSA) is 9.23 Å². The highest BCUT2D eigenvalue weighted by Gasteiger charge is 2.38. The smallest absolute Gasteiger partial charge is 0.0745 e. The van der Waals surface area contributed by atoms with Gasteiger partial charge in [0.25, 0.3) is 0 Å². The Morgan fingerprint density at radius 2 is 2.11 bits per heavy atom. The second kappa shape index (κ2) is 7.12. The molecule has 0 aromatic carbocycles. The van der Waals surface area contributed by atoms with Crippen molar-refractivity contribution in [3.63, 3.8) is 0 Å². The van der Waals surface area contributed by atoms with Crippen molar-refractivity contribution in [1.29, 1.82) is 0 Å². The van der Waals surface area contributed by atoms with E-state index in [0.29, 0.717) is 12.0 Å². The molecular formula is C15H24OS2. The minimum atomic E-state index is 0.258. The van der Waals surface area contributed by atoms with Crippen LogP contribution in [0.1, 0.15) is 45.4 Å². The van der Waals surface area contributed by atoms with Crippen molar-refractivity contribution in [2.45, 2.75) is 55.6 Å². The van der Waals surface area contributed by atoms with Gasteiger partial charge in [0.1, 0.15) is 0 Å². The summed E-state index contributed by atoms with van der Waals surface area (Å²) in [6, 6.07) is 0. The molecule has 102 valence electrons. The molecule has 2 aliphatic heterocycles. The van der Waals surface area contributed by atoms with E-state index in [1.807, 2.05) is 0 Å². The predicted octanol–water partition coefficient (Wildman–Crippen LogP) is 4.17. The quantitative estimate of drug-likeness (QED) is 0.717. The third-order valence-corrected chi connectivity index (χ3v) is 7.77. The number of terminal acetylenes is 1. The van der Waals surface area contributed by atoms with E-state index >= 15 is 0 Å². The largest absolute Gasteiger partial charge is 0.378 e. The zero-order valence-electron chi connectivity index (χ0n) is 11.3. The molecule has 0 aromatic rings. The number of ether oxygens (including phenoxy) is 1. The Hall–Kier alpha value is 0.220. The van der Waals surface area contributed by atoms with Crippen molar-refractivity contribution in [1.82, 2.24) is 0 Å². The summed E-state index contributed by atoms with van der Waals surface area (Å²) in [5.74, 6) is 5.88. The molecule has 3 heteroatoms. The monoisotopic (exact) mass is 284 g/mol. The first-order chi connectivity index (χ1) is 8.77. The Bertz CT molecular complexity index is 285. The highest BCUT2D eigenvalue weighted by Crippen LogP contribution is 2.50. The predicted molar refractivity (Wildman–Crippen MR) is 83.1 cm³/mol. The summed E-state index contributed by atoms with van der Waals surface area (Å²) in [4.78, 5) is 0. The minimum Gasteiger partial charge on any atom is -0.378 e. The van der Waals surface area contributed by atoms with Gasteiger partial charge in [0.2, 0.25) is 0 Å². The Morgan fingerprint density at radius 3 is 2.72 bits per heavy atom. The van der Waals surface area contributed by atoms with Gasteiger partial charge in [-0.05, 0) is 57.0 Å². The van der Waals surface area contributed by atoms with Crippen LogP contribution in [0.3, 0.4) is 0 Å². The molecule has 0 N–H and O–H groups in total. The van der Waals surface area contributed by atoms with E-state index in [1.54, 1.807) is 0 Å². The third kappa shape index (κ3) is 3.62. The number of rotatable bonds is 4. The summed E-state index contributed by atoms with van der Waals surface area (Å²) in [5.41, 5.74) is 0. The van der Waals surface area contributed by atoms with Gasteiger partial charge in [-0.2, -0.15) is 0 Å². The summed E-state index contributed by atoms with van der Waals surface area (Å²) in [6.45, 7) is 3.18. The SMILES string of the molecule is C#CC(C)C1(CCC2CCCCO2)SCCCS1. The summed E-state index contributed by atoms with van der Waals surface area (Å²) < 4.78 is 6.11. The van der Waals surface area contributed by atoms with E-state index < -0.39 is 0 Å². The van der Waals surface area contributed by atoms with E-state index in [0.717, 1.165) is 6.61 Å². The molecule has 2 atom stereocenters. The summed E-state index contributed by atoms with van der Waals surface area (Å²) in [5, 5.41) is 0. The van der Waals surface area contributed by atoms with Gasteiger partial charge in [-0.1, -0.05) is 0 Å². The molecule has 2 fully saturated rings. The van der Waals surface area contributed by atoms with Gasteiger partial charge in [0.05, 0.1) is 10.2 Å². The zero-order valence-corrected chi connectivity index (χ0v) is 13.0. The van der Waals surface area contributed by atoms with Crippen LogP contribution in [0.2, 0.25) is 0 Å². The van der Waals surface area contributed by atoms with Crippen molar-refractivity contribution in [3.8, 4) is 12.3 Å². The molecule has 2 heterocycles. The Kier molecular flexibility index (Phi) is 5.79. The second-order valence-corrected chi connectivity index (χ2v) is 8.39. The van der Waals surface area contributed by atoms with E-state index in [4.69, 9.17) is 11.2 Å². The highest BCUT2D eigenvalue weighted by molar-refractivity contribution is 8.18. The average Bonchev–Trinajstić information content (AvgIpc) is 2.46. The first-order valence-electron chi connectivity index (χ1n) is 7.12. The molecule has 0 aromatic heterocycles. The normalized spacial score (nSPS) is 29.4. The second-order valence-electron chi connectivity index (χ2n) is 5.28. The lowest BCUT2D eigenvalue weighted by Crippen LogP contribution is -2.34. The van der Waals surface area contributed by atoms with Gasteiger partial charge < -0.3 is 4.74 Å². The lowest BCUT2D eigenvalue weighted by atomic mass is 9.98. The maximum absolute atomic E-state index is 5.86. The highest BCUT2D eigenvalue weighted by atomic mass is 32.2. The zero-order chi connectivity index (χ0) is 12.8. The lowest BCUT2D eigenvalue weighted by molar-refractivity contribution is 0.00938. The molecule has 2 rings (SSSR count). The van der Waals surface area contributed by atoms with Crippen LogP contribution in [0.25, 0.3) is 0 Å². The lowest BCUT2D eigenvalue weighted by Gasteiger charge is -2.40. The third-order valence-electron chi connectivity index (χ3n) is 3.98. The maximum Gasteiger partial charge on any atom is 0.0745 e. The fourth-order valence-corrected chi connectivity index (χ4v) is 6.17. The van der Waals surface area contributed by atoms with Crippen LogP contribution in [-0.2, 0) is 4.74 Å². The van der Waals surface area contributed by atoms with Crippen LogP contribution in [-0.4, -0.2) is 28.3 Å². The van der Waals surface area contributed by atoms with Crippen molar-refractivity contribution in [2.75, 3.05) is 18.1 Å². The summed E-state index contributed by atoms with van der Waals surface area (Å²) >= 11 is 4.19. The van der Waals surface area contributed by atoms with Crippen molar-refractivity contribution in [3.05, 3.63) is 0 Å². The number of hydrogen-bond donors (Lipinski definition) is 0. The van der Waals surface area contributed by atoms with Gasteiger partial charge in [-0.15, -0.1) is 35.9 Å². The number of hydrogen-bond acceptors (Lipinski definition) is 3. The van der Waals surface area contributed by atoms with E-state index in [2.05, 4.69) is 36.4 Å². The van der Waals surface area contributed by atoms with Gasteiger partial charge >= 0.3 is 0 Å². The molecule has 2 aliphatic rings.